The second kappa shape index (κ2) is 8.10. The number of likely N-dealkylation sites (N-methyl/N-ethyl adjacent to an activating group) is 1. The number of carbonyl (C=O) groups excluding carboxylic acids is 1. The smallest absolute Gasteiger partial charge is 0.303 e. The van der Waals surface area contributed by atoms with Crippen LogP contribution in [0.15, 0.2) is 0 Å². The van der Waals surface area contributed by atoms with Crippen molar-refractivity contribution in [2.24, 2.45) is 0 Å². The molecule has 0 aromatic carbocycles. The zero-order valence-corrected chi connectivity index (χ0v) is 10.3. The van der Waals surface area contributed by atoms with Crippen molar-refractivity contribution in [2.45, 2.75) is 39.2 Å². The normalized spacial score (nSPS) is 12.5. The number of carbonyl (C=O) groups is 2. The van der Waals surface area contributed by atoms with E-state index in [2.05, 4.69) is 24.1 Å². The van der Waals surface area contributed by atoms with Crippen molar-refractivity contribution in [1.29, 1.82) is 0 Å². The third-order valence-electron chi connectivity index (χ3n) is 2.70. The fourth-order valence-electron chi connectivity index (χ4n) is 1.21. The molecule has 0 saturated carbocycles. The Hall–Kier alpha value is -1.10. The van der Waals surface area contributed by atoms with E-state index in [0.717, 1.165) is 13.0 Å². The first kappa shape index (κ1) is 14.9. The molecule has 0 heterocycles. The lowest BCUT2D eigenvalue weighted by Gasteiger charge is -2.23. The topological polar surface area (TPSA) is 69.6 Å². The van der Waals surface area contributed by atoms with E-state index in [1.165, 1.54) is 0 Å². The summed E-state index contributed by atoms with van der Waals surface area (Å²) in [5.41, 5.74) is 0. The van der Waals surface area contributed by atoms with Gasteiger partial charge in [0.2, 0.25) is 5.91 Å². The van der Waals surface area contributed by atoms with E-state index in [1.54, 1.807) is 0 Å². The van der Waals surface area contributed by atoms with Gasteiger partial charge in [-0.25, -0.2) is 0 Å². The number of aliphatic carboxylic acids is 1. The molecule has 0 aromatic rings. The monoisotopic (exact) mass is 230 g/mol. The number of amides is 1. The van der Waals surface area contributed by atoms with E-state index >= 15 is 0 Å². The first-order chi connectivity index (χ1) is 7.47. The average molecular weight is 230 g/mol. The van der Waals surface area contributed by atoms with Crippen LogP contribution >= 0.6 is 0 Å². The van der Waals surface area contributed by atoms with Gasteiger partial charge in [-0.3, -0.25) is 9.59 Å². The van der Waals surface area contributed by atoms with Gasteiger partial charge in [0.05, 0.1) is 6.42 Å². The third-order valence-corrected chi connectivity index (χ3v) is 2.70. The molecule has 16 heavy (non-hydrogen) atoms. The number of hydrogen-bond acceptors (Lipinski definition) is 3. The molecule has 0 fully saturated rings. The fourth-order valence-corrected chi connectivity index (χ4v) is 1.21. The minimum Gasteiger partial charge on any atom is -0.481 e. The van der Waals surface area contributed by atoms with Crippen molar-refractivity contribution in [3.63, 3.8) is 0 Å². The molecule has 0 aromatic heterocycles. The van der Waals surface area contributed by atoms with Crippen molar-refractivity contribution in [2.75, 3.05) is 20.1 Å². The summed E-state index contributed by atoms with van der Waals surface area (Å²) in [7, 11) is 2.01. The second-order valence-corrected chi connectivity index (χ2v) is 3.98. The van der Waals surface area contributed by atoms with E-state index in [1.807, 2.05) is 7.05 Å². The summed E-state index contributed by atoms with van der Waals surface area (Å²) in [4.78, 5) is 23.6. The molecule has 0 bridgehead atoms. The van der Waals surface area contributed by atoms with Gasteiger partial charge in [-0.05, 0) is 20.4 Å². The largest absolute Gasteiger partial charge is 0.481 e. The number of rotatable bonds is 8. The van der Waals surface area contributed by atoms with Gasteiger partial charge in [-0.2, -0.15) is 0 Å². The van der Waals surface area contributed by atoms with E-state index in [9.17, 15) is 9.59 Å². The van der Waals surface area contributed by atoms with Crippen LogP contribution in [0.4, 0.5) is 0 Å². The summed E-state index contributed by atoms with van der Waals surface area (Å²) in [6, 6.07) is 0.496. The fraction of sp³-hybridized carbons (Fsp3) is 0.818. The average Bonchev–Trinajstić information content (AvgIpc) is 2.24. The molecule has 0 aliphatic carbocycles. The van der Waals surface area contributed by atoms with Gasteiger partial charge in [0.25, 0.3) is 0 Å². The Bertz CT molecular complexity index is 231. The van der Waals surface area contributed by atoms with Crippen LogP contribution in [0.2, 0.25) is 0 Å². The Kier molecular flexibility index (Phi) is 7.54. The van der Waals surface area contributed by atoms with Crippen LogP contribution in [-0.2, 0) is 9.59 Å². The summed E-state index contributed by atoms with van der Waals surface area (Å²) in [5.74, 6) is -1.13. The van der Waals surface area contributed by atoms with Gasteiger partial charge in [0.1, 0.15) is 0 Å². The third kappa shape index (κ3) is 7.23. The van der Waals surface area contributed by atoms with Gasteiger partial charge in [-0.15, -0.1) is 0 Å². The minimum atomic E-state index is -0.938. The number of carboxylic acids is 1. The lowest BCUT2D eigenvalue weighted by molar-refractivity contribution is -0.138. The van der Waals surface area contributed by atoms with Gasteiger partial charge < -0.3 is 15.3 Å². The summed E-state index contributed by atoms with van der Waals surface area (Å²) in [5, 5.41) is 11.1. The van der Waals surface area contributed by atoms with Crippen LogP contribution in [-0.4, -0.2) is 48.1 Å². The van der Waals surface area contributed by atoms with Crippen LogP contribution in [0.5, 0.6) is 0 Å². The maximum Gasteiger partial charge on any atom is 0.303 e. The zero-order valence-electron chi connectivity index (χ0n) is 10.3. The summed E-state index contributed by atoms with van der Waals surface area (Å²) < 4.78 is 0. The molecule has 0 radical (unpaired) electrons. The molecule has 0 saturated heterocycles. The predicted molar refractivity (Wildman–Crippen MR) is 62.3 cm³/mol. The van der Waals surface area contributed by atoms with Crippen molar-refractivity contribution in [3.05, 3.63) is 0 Å². The quantitative estimate of drug-likeness (QED) is 0.644. The molecule has 1 amide bonds. The molecule has 0 aliphatic heterocycles. The van der Waals surface area contributed by atoms with Crippen LogP contribution in [0.3, 0.4) is 0 Å². The second-order valence-electron chi connectivity index (χ2n) is 3.98. The van der Waals surface area contributed by atoms with Crippen LogP contribution in [0.1, 0.15) is 33.1 Å². The van der Waals surface area contributed by atoms with Crippen molar-refractivity contribution >= 4 is 11.9 Å². The maximum absolute atomic E-state index is 11.2. The molecule has 0 spiro atoms. The molecular formula is C11H22N2O3. The SMILES string of the molecule is CCC(C)N(C)CCNC(=O)CCC(=O)O. The highest BCUT2D eigenvalue weighted by Crippen LogP contribution is 1.98. The Morgan fingerprint density at radius 3 is 2.50 bits per heavy atom. The lowest BCUT2D eigenvalue weighted by atomic mass is 10.2. The Labute approximate surface area is 96.8 Å². The van der Waals surface area contributed by atoms with E-state index in [0.29, 0.717) is 12.6 Å². The standard InChI is InChI=1S/C11H22N2O3/c1-4-9(2)13(3)8-7-12-10(14)5-6-11(15)16/h9H,4-8H2,1-3H3,(H,12,14)(H,15,16). The predicted octanol–water partition coefficient (Wildman–Crippen LogP) is 0.698. The van der Waals surface area contributed by atoms with Crippen LogP contribution < -0.4 is 5.32 Å². The van der Waals surface area contributed by atoms with Crippen LogP contribution in [0, 0.1) is 0 Å². The van der Waals surface area contributed by atoms with E-state index in [-0.39, 0.29) is 18.7 Å². The lowest BCUT2D eigenvalue weighted by Crippen LogP contribution is -2.37. The summed E-state index contributed by atoms with van der Waals surface area (Å²) >= 11 is 0. The Balaban J connectivity index is 3.57. The molecule has 94 valence electrons. The minimum absolute atomic E-state index is 0.0579. The highest BCUT2D eigenvalue weighted by molar-refractivity contribution is 5.80. The molecule has 1 atom stereocenters. The van der Waals surface area contributed by atoms with Gasteiger partial charge >= 0.3 is 5.97 Å². The molecule has 5 heteroatoms. The highest BCUT2D eigenvalue weighted by atomic mass is 16.4. The molecule has 2 N–H and O–H groups in total. The molecule has 0 aliphatic rings. The Morgan fingerprint density at radius 1 is 1.38 bits per heavy atom. The number of nitrogens with one attached hydrogen (secondary N) is 1. The summed E-state index contributed by atoms with van der Waals surface area (Å²) in [6.45, 7) is 5.60. The molecule has 0 rings (SSSR count). The van der Waals surface area contributed by atoms with Crippen molar-refractivity contribution in [1.82, 2.24) is 10.2 Å². The van der Waals surface area contributed by atoms with Crippen molar-refractivity contribution < 1.29 is 14.7 Å². The van der Waals surface area contributed by atoms with Gasteiger partial charge in [0, 0.05) is 25.6 Å². The van der Waals surface area contributed by atoms with Crippen LogP contribution in [0.25, 0.3) is 0 Å². The van der Waals surface area contributed by atoms with E-state index < -0.39 is 5.97 Å². The number of nitrogens with zero attached hydrogens (tertiary/aromatic N) is 1. The molecular weight excluding hydrogens is 208 g/mol. The van der Waals surface area contributed by atoms with E-state index in [4.69, 9.17) is 5.11 Å². The van der Waals surface area contributed by atoms with Gasteiger partial charge in [-0.1, -0.05) is 6.92 Å². The maximum atomic E-state index is 11.2. The molecule has 1 unspecified atom stereocenters. The number of hydrogen-bond donors (Lipinski definition) is 2. The first-order valence-corrected chi connectivity index (χ1v) is 5.66. The molecule has 5 nitrogen and oxygen atoms in total. The summed E-state index contributed by atoms with van der Waals surface area (Å²) in [6.07, 6.45) is 1.03. The number of carboxylic acid groups (broad SMARTS) is 1. The first-order valence-electron chi connectivity index (χ1n) is 5.66. The van der Waals surface area contributed by atoms with Gasteiger partial charge in [0.15, 0.2) is 0 Å². The highest BCUT2D eigenvalue weighted by Gasteiger charge is 2.07. The van der Waals surface area contributed by atoms with Crippen molar-refractivity contribution in [3.8, 4) is 0 Å². The Morgan fingerprint density at radius 2 is 2.00 bits per heavy atom. The zero-order chi connectivity index (χ0) is 12.6.